The van der Waals surface area contributed by atoms with Crippen molar-refractivity contribution in [1.29, 1.82) is 0 Å². The number of nitrogens with zero attached hydrogens (tertiary/aromatic N) is 2. The van der Waals surface area contributed by atoms with Gasteiger partial charge in [-0.15, -0.1) is 0 Å². The summed E-state index contributed by atoms with van der Waals surface area (Å²) in [6, 6.07) is 17.4. The minimum Gasteiger partial charge on any atom is -0.457 e. The number of H-pyrrole nitrogens is 2. The first-order valence-corrected chi connectivity index (χ1v) is 11.5. The van der Waals surface area contributed by atoms with Gasteiger partial charge in [0, 0.05) is 41.9 Å². The molecule has 0 saturated carbocycles. The van der Waals surface area contributed by atoms with Crippen LogP contribution in [0.3, 0.4) is 0 Å². The van der Waals surface area contributed by atoms with Crippen LogP contribution in [-0.2, 0) is 12.2 Å². The Bertz CT molecular complexity index is 1190. The molecular formula is C24H25N5O2S. The SMILES string of the molecule is Cc1[nH]cnc1CSCCNc1ncc(Cc2ccc(Oc3ccccc3)cc2)c(=O)[nH]1. The summed E-state index contributed by atoms with van der Waals surface area (Å²) in [4.78, 5) is 27.0. The molecule has 0 aliphatic carbocycles. The number of rotatable bonds is 10. The standard InChI is InChI=1S/C24H25N5O2S/c1-17-22(28-16-27-17)15-32-12-11-25-24-26-14-19(23(30)29-24)13-18-7-9-21(10-8-18)31-20-5-3-2-4-6-20/h2-10,14,16H,11-13,15H2,1H3,(H,27,28)(H2,25,26,29,30). The maximum absolute atomic E-state index is 12.5. The van der Waals surface area contributed by atoms with Crippen molar-refractivity contribution in [1.82, 2.24) is 19.9 Å². The minimum atomic E-state index is -0.132. The van der Waals surface area contributed by atoms with Gasteiger partial charge in [-0.25, -0.2) is 9.97 Å². The van der Waals surface area contributed by atoms with Crippen LogP contribution >= 0.6 is 11.8 Å². The first kappa shape index (κ1) is 21.7. The smallest absolute Gasteiger partial charge is 0.255 e. The fraction of sp³-hybridized carbons (Fsp3) is 0.208. The fourth-order valence-corrected chi connectivity index (χ4v) is 3.98. The van der Waals surface area contributed by atoms with Gasteiger partial charge in [0.25, 0.3) is 5.56 Å². The first-order chi connectivity index (χ1) is 15.7. The van der Waals surface area contributed by atoms with Crippen LogP contribution in [0.5, 0.6) is 11.5 Å². The zero-order chi connectivity index (χ0) is 22.2. The van der Waals surface area contributed by atoms with E-state index in [0.29, 0.717) is 24.5 Å². The van der Waals surface area contributed by atoms with E-state index in [9.17, 15) is 4.79 Å². The lowest BCUT2D eigenvalue weighted by Gasteiger charge is -2.08. The molecule has 2 aromatic heterocycles. The molecule has 0 fully saturated rings. The van der Waals surface area contributed by atoms with Crippen molar-refractivity contribution in [2.24, 2.45) is 0 Å². The number of hydrogen-bond acceptors (Lipinski definition) is 6. The lowest BCUT2D eigenvalue weighted by molar-refractivity contribution is 0.482. The van der Waals surface area contributed by atoms with E-state index in [0.717, 1.165) is 40.0 Å². The molecular weight excluding hydrogens is 422 g/mol. The van der Waals surface area contributed by atoms with E-state index in [1.807, 2.05) is 61.5 Å². The molecule has 0 radical (unpaired) electrons. The quantitative estimate of drug-likeness (QED) is 0.309. The molecule has 4 rings (SSSR count). The highest BCUT2D eigenvalue weighted by molar-refractivity contribution is 7.98. The maximum atomic E-state index is 12.5. The Kier molecular flexibility index (Phi) is 7.24. The highest BCUT2D eigenvalue weighted by Crippen LogP contribution is 2.21. The predicted octanol–water partition coefficient (Wildman–Crippen LogP) is 4.53. The van der Waals surface area contributed by atoms with Gasteiger partial charge in [-0.3, -0.25) is 9.78 Å². The normalized spacial score (nSPS) is 10.8. The highest BCUT2D eigenvalue weighted by Gasteiger charge is 2.06. The third kappa shape index (κ3) is 6.01. The summed E-state index contributed by atoms with van der Waals surface area (Å²) in [5.41, 5.74) is 3.68. The van der Waals surface area contributed by atoms with E-state index in [1.165, 1.54) is 0 Å². The van der Waals surface area contributed by atoms with Gasteiger partial charge >= 0.3 is 0 Å². The number of ether oxygens (including phenoxy) is 1. The Morgan fingerprint density at radius 2 is 1.81 bits per heavy atom. The molecule has 32 heavy (non-hydrogen) atoms. The molecule has 0 aliphatic heterocycles. The summed E-state index contributed by atoms with van der Waals surface area (Å²) in [6.45, 7) is 2.73. The Morgan fingerprint density at radius 3 is 2.53 bits per heavy atom. The van der Waals surface area contributed by atoms with Gasteiger partial charge in [-0.1, -0.05) is 30.3 Å². The van der Waals surface area contributed by atoms with Crippen LogP contribution in [0.4, 0.5) is 5.95 Å². The number of aromatic amines is 2. The molecule has 7 nitrogen and oxygen atoms in total. The van der Waals surface area contributed by atoms with Crippen molar-refractivity contribution in [2.75, 3.05) is 17.6 Å². The van der Waals surface area contributed by atoms with Gasteiger partial charge in [0.05, 0.1) is 12.0 Å². The van der Waals surface area contributed by atoms with Crippen LogP contribution in [0.2, 0.25) is 0 Å². The summed E-state index contributed by atoms with van der Waals surface area (Å²) < 4.78 is 5.81. The molecule has 2 heterocycles. The van der Waals surface area contributed by atoms with Crippen LogP contribution in [0.25, 0.3) is 0 Å². The molecule has 0 bridgehead atoms. The number of benzene rings is 2. The maximum Gasteiger partial charge on any atom is 0.255 e. The fourth-order valence-electron chi connectivity index (χ4n) is 3.10. The van der Waals surface area contributed by atoms with Gasteiger partial charge in [-0.05, 0) is 36.8 Å². The van der Waals surface area contributed by atoms with Crippen LogP contribution in [0.15, 0.2) is 71.9 Å². The Balaban J connectivity index is 1.25. The summed E-state index contributed by atoms with van der Waals surface area (Å²) in [5.74, 6) is 3.77. The number of hydrogen-bond donors (Lipinski definition) is 3. The van der Waals surface area contributed by atoms with E-state index in [-0.39, 0.29) is 5.56 Å². The predicted molar refractivity (Wildman–Crippen MR) is 129 cm³/mol. The van der Waals surface area contributed by atoms with Crippen molar-refractivity contribution in [3.63, 3.8) is 0 Å². The third-order valence-corrected chi connectivity index (χ3v) is 5.85. The van der Waals surface area contributed by atoms with Crippen molar-refractivity contribution in [2.45, 2.75) is 19.1 Å². The second-order valence-corrected chi connectivity index (χ2v) is 8.38. The molecule has 0 unspecified atom stereocenters. The third-order valence-electron chi connectivity index (χ3n) is 4.88. The molecule has 3 N–H and O–H groups in total. The minimum absolute atomic E-state index is 0.132. The highest BCUT2D eigenvalue weighted by atomic mass is 32.2. The molecule has 0 spiro atoms. The zero-order valence-corrected chi connectivity index (χ0v) is 18.6. The summed E-state index contributed by atoms with van der Waals surface area (Å²) in [6.07, 6.45) is 3.86. The number of para-hydroxylation sites is 1. The molecule has 0 atom stereocenters. The van der Waals surface area contributed by atoms with Gasteiger partial charge in [0.2, 0.25) is 5.95 Å². The van der Waals surface area contributed by atoms with Crippen LogP contribution in [0, 0.1) is 6.92 Å². The van der Waals surface area contributed by atoms with E-state index in [4.69, 9.17) is 4.74 Å². The van der Waals surface area contributed by atoms with Gasteiger partial charge in [0.1, 0.15) is 11.5 Å². The number of thioether (sulfide) groups is 1. The summed E-state index contributed by atoms with van der Waals surface area (Å²) in [7, 11) is 0. The van der Waals surface area contributed by atoms with Gasteiger partial charge in [-0.2, -0.15) is 11.8 Å². The lowest BCUT2D eigenvalue weighted by Crippen LogP contribution is -2.18. The topological polar surface area (TPSA) is 95.7 Å². The largest absolute Gasteiger partial charge is 0.457 e. The van der Waals surface area contributed by atoms with E-state index < -0.39 is 0 Å². The van der Waals surface area contributed by atoms with E-state index >= 15 is 0 Å². The molecule has 8 heteroatoms. The van der Waals surface area contributed by atoms with Crippen molar-refractivity contribution >= 4 is 17.7 Å². The monoisotopic (exact) mass is 447 g/mol. The molecule has 2 aromatic carbocycles. The van der Waals surface area contributed by atoms with Crippen LogP contribution in [-0.4, -0.2) is 32.2 Å². The molecule has 0 aliphatic rings. The molecule has 164 valence electrons. The molecule has 0 amide bonds. The van der Waals surface area contributed by atoms with Crippen molar-refractivity contribution < 1.29 is 4.74 Å². The number of aromatic nitrogens is 4. The number of aryl methyl sites for hydroxylation is 1. The average Bonchev–Trinajstić information content (AvgIpc) is 3.22. The Morgan fingerprint density at radius 1 is 1.03 bits per heavy atom. The number of nitrogens with one attached hydrogen (secondary N) is 3. The second kappa shape index (κ2) is 10.7. The van der Waals surface area contributed by atoms with Crippen LogP contribution in [0.1, 0.15) is 22.5 Å². The van der Waals surface area contributed by atoms with E-state index in [2.05, 4.69) is 25.3 Å². The zero-order valence-electron chi connectivity index (χ0n) is 17.8. The molecule has 0 saturated heterocycles. The van der Waals surface area contributed by atoms with Crippen LogP contribution < -0.4 is 15.6 Å². The Hall–Kier alpha value is -3.52. The Labute approximate surface area is 190 Å². The average molecular weight is 448 g/mol. The van der Waals surface area contributed by atoms with Gasteiger partial charge < -0.3 is 15.0 Å². The summed E-state index contributed by atoms with van der Waals surface area (Å²) >= 11 is 1.78. The van der Waals surface area contributed by atoms with Crippen molar-refractivity contribution in [3.8, 4) is 11.5 Å². The summed E-state index contributed by atoms with van der Waals surface area (Å²) in [5, 5.41) is 3.17. The number of imidazole rings is 1. The molecule has 4 aromatic rings. The number of anilines is 1. The lowest BCUT2D eigenvalue weighted by atomic mass is 10.1. The second-order valence-electron chi connectivity index (χ2n) is 7.28. The van der Waals surface area contributed by atoms with Gasteiger partial charge in [0.15, 0.2) is 0 Å². The first-order valence-electron chi connectivity index (χ1n) is 10.4. The van der Waals surface area contributed by atoms with Crippen molar-refractivity contribution in [3.05, 3.63) is 100.0 Å². The van der Waals surface area contributed by atoms with E-state index in [1.54, 1.807) is 24.3 Å².